The average Bonchev–Trinajstić information content (AvgIpc) is 2.94. The van der Waals surface area contributed by atoms with Gasteiger partial charge in [0.05, 0.1) is 11.9 Å². The molecule has 2 aromatic heterocycles. The zero-order valence-corrected chi connectivity index (χ0v) is 12.4. The Morgan fingerprint density at radius 1 is 1.23 bits per heavy atom. The van der Waals surface area contributed by atoms with Crippen LogP contribution in [0.3, 0.4) is 0 Å². The number of carboxylic acids is 1. The van der Waals surface area contributed by atoms with Crippen LogP contribution in [0.1, 0.15) is 10.5 Å². The first-order valence-corrected chi connectivity index (χ1v) is 6.83. The Morgan fingerprint density at radius 3 is 2.55 bits per heavy atom. The highest BCUT2D eigenvalue weighted by Crippen LogP contribution is 2.23. The second-order valence-electron chi connectivity index (χ2n) is 4.74. The van der Waals surface area contributed by atoms with Gasteiger partial charge in [0.15, 0.2) is 18.6 Å². The molecule has 3 rings (SSSR count). The van der Waals surface area contributed by atoms with E-state index in [0.717, 1.165) is 5.56 Å². The summed E-state index contributed by atoms with van der Waals surface area (Å²) >= 11 is 5.88. The molecular formula is C15H12ClN4O2+. The van der Waals surface area contributed by atoms with Crippen LogP contribution >= 0.6 is 11.6 Å². The van der Waals surface area contributed by atoms with Gasteiger partial charge in [-0.3, -0.25) is 0 Å². The molecule has 0 aliphatic carbocycles. The molecule has 0 aliphatic rings. The molecule has 0 radical (unpaired) electrons. The lowest BCUT2D eigenvalue weighted by Gasteiger charge is -2.05. The summed E-state index contributed by atoms with van der Waals surface area (Å²) in [6.45, 7) is 0. The first-order chi connectivity index (χ1) is 10.5. The minimum Gasteiger partial charge on any atom is -0.477 e. The van der Waals surface area contributed by atoms with Crippen molar-refractivity contribution in [3.63, 3.8) is 0 Å². The van der Waals surface area contributed by atoms with Gasteiger partial charge in [0.25, 0.3) is 0 Å². The third kappa shape index (κ3) is 2.82. The molecule has 0 unspecified atom stereocenters. The van der Waals surface area contributed by atoms with Crippen molar-refractivity contribution in [2.45, 2.75) is 0 Å². The Hall–Kier alpha value is -2.73. The van der Waals surface area contributed by atoms with Gasteiger partial charge in [-0.25, -0.2) is 14.8 Å². The van der Waals surface area contributed by atoms with Crippen molar-refractivity contribution < 1.29 is 14.6 Å². The highest BCUT2D eigenvalue weighted by Gasteiger charge is 2.15. The average molecular weight is 316 g/mol. The van der Waals surface area contributed by atoms with Crippen molar-refractivity contribution in [2.24, 2.45) is 7.05 Å². The van der Waals surface area contributed by atoms with E-state index < -0.39 is 5.97 Å². The van der Waals surface area contributed by atoms with E-state index in [9.17, 15) is 9.90 Å². The Kier molecular flexibility index (Phi) is 3.60. The zero-order chi connectivity index (χ0) is 15.7. The molecule has 0 bridgehead atoms. The zero-order valence-electron chi connectivity index (χ0n) is 11.6. The molecule has 0 aliphatic heterocycles. The van der Waals surface area contributed by atoms with E-state index in [1.54, 1.807) is 41.3 Å². The molecule has 2 N–H and O–H groups in total. The molecule has 2 heterocycles. The summed E-state index contributed by atoms with van der Waals surface area (Å²) in [5.74, 6) is -0.750. The number of aryl methyl sites for hydroxylation is 1. The van der Waals surface area contributed by atoms with E-state index in [1.165, 1.54) is 6.07 Å². The second-order valence-corrected chi connectivity index (χ2v) is 5.18. The van der Waals surface area contributed by atoms with Gasteiger partial charge >= 0.3 is 5.97 Å². The van der Waals surface area contributed by atoms with Gasteiger partial charge in [-0.15, -0.1) is 4.68 Å². The molecule has 0 amide bonds. The maximum atomic E-state index is 11.3. The van der Waals surface area contributed by atoms with Crippen LogP contribution in [0.4, 0.5) is 0 Å². The molecule has 22 heavy (non-hydrogen) atoms. The van der Waals surface area contributed by atoms with Crippen molar-refractivity contribution in [2.75, 3.05) is 0 Å². The number of aromatic nitrogens is 4. The van der Waals surface area contributed by atoms with Crippen molar-refractivity contribution in [1.29, 1.82) is 0 Å². The molecule has 0 saturated heterocycles. The highest BCUT2D eigenvalue weighted by atomic mass is 35.5. The van der Waals surface area contributed by atoms with E-state index in [4.69, 9.17) is 11.6 Å². The number of halogens is 1. The van der Waals surface area contributed by atoms with Crippen LogP contribution in [-0.4, -0.2) is 26.1 Å². The maximum Gasteiger partial charge on any atom is 0.354 e. The number of nitrogens with one attached hydrogen (secondary N) is 1. The van der Waals surface area contributed by atoms with Crippen LogP contribution in [-0.2, 0) is 7.05 Å². The van der Waals surface area contributed by atoms with E-state index >= 15 is 0 Å². The van der Waals surface area contributed by atoms with E-state index in [-0.39, 0.29) is 5.69 Å². The van der Waals surface area contributed by atoms with Gasteiger partial charge in [-0.1, -0.05) is 23.7 Å². The first-order valence-electron chi connectivity index (χ1n) is 6.45. The fraction of sp³-hybridized carbons (Fsp3) is 0.0667. The predicted octanol–water partition coefficient (Wildman–Crippen LogP) is 2.31. The van der Waals surface area contributed by atoms with Gasteiger partial charge in [0.1, 0.15) is 5.56 Å². The monoisotopic (exact) mass is 315 g/mol. The van der Waals surface area contributed by atoms with Gasteiger partial charge in [0.2, 0.25) is 6.20 Å². The molecule has 0 spiro atoms. The number of carboxylic acid groups (broad SMARTS) is 1. The number of benzene rings is 1. The summed E-state index contributed by atoms with van der Waals surface area (Å²) in [4.78, 5) is 19.8. The normalized spacial score (nSPS) is 10.6. The third-order valence-corrected chi connectivity index (χ3v) is 3.35. The van der Waals surface area contributed by atoms with E-state index in [0.29, 0.717) is 22.1 Å². The molecule has 1 aromatic carbocycles. The molecule has 110 valence electrons. The summed E-state index contributed by atoms with van der Waals surface area (Å²) in [6.07, 6.45) is 3.50. The van der Waals surface area contributed by atoms with Crippen LogP contribution in [0, 0.1) is 0 Å². The fourth-order valence-corrected chi connectivity index (χ4v) is 2.16. The van der Waals surface area contributed by atoms with E-state index in [2.05, 4.69) is 15.1 Å². The Balaban J connectivity index is 2.15. The fourth-order valence-electron chi connectivity index (χ4n) is 2.03. The van der Waals surface area contributed by atoms with Gasteiger partial charge in [-0.2, -0.15) is 5.10 Å². The van der Waals surface area contributed by atoms with Gasteiger partial charge in [-0.05, 0) is 18.2 Å². The van der Waals surface area contributed by atoms with Crippen LogP contribution in [0.2, 0.25) is 5.02 Å². The summed E-state index contributed by atoms with van der Waals surface area (Å²) < 4.78 is 1.73. The first kappa shape index (κ1) is 14.2. The smallest absolute Gasteiger partial charge is 0.354 e. The van der Waals surface area contributed by atoms with Crippen LogP contribution in [0.15, 0.2) is 42.7 Å². The molecule has 3 aromatic rings. The van der Waals surface area contributed by atoms with Crippen molar-refractivity contribution >= 4 is 17.6 Å². The van der Waals surface area contributed by atoms with Gasteiger partial charge < -0.3 is 5.11 Å². The van der Waals surface area contributed by atoms with Crippen molar-refractivity contribution in [1.82, 2.24) is 15.1 Å². The topological polar surface area (TPSA) is 82.8 Å². The molecule has 7 heteroatoms. The summed E-state index contributed by atoms with van der Waals surface area (Å²) in [5.41, 5.74) is 1.96. The molecule has 0 atom stereocenters. The van der Waals surface area contributed by atoms with Crippen LogP contribution < -0.4 is 4.68 Å². The lowest BCUT2D eigenvalue weighted by atomic mass is 10.1. The van der Waals surface area contributed by atoms with Gasteiger partial charge in [0, 0.05) is 10.6 Å². The SMILES string of the molecule is C[n+]1cc(-c2nc(C(=O)O)cc(-c3ccc(Cl)cc3)n2)c[nH]1. The third-order valence-electron chi connectivity index (χ3n) is 3.10. The maximum absolute atomic E-state index is 11.3. The van der Waals surface area contributed by atoms with Crippen LogP contribution in [0.5, 0.6) is 0 Å². The molecule has 6 nitrogen and oxygen atoms in total. The highest BCUT2D eigenvalue weighted by molar-refractivity contribution is 6.30. The molecule has 0 fully saturated rings. The predicted molar refractivity (Wildman–Crippen MR) is 80.4 cm³/mol. The number of H-pyrrole nitrogens is 1. The summed E-state index contributed by atoms with van der Waals surface area (Å²) in [5, 5.41) is 12.8. The molecular weight excluding hydrogens is 304 g/mol. The lowest BCUT2D eigenvalue weighted by Crippen LogP contribution is -2.27. The number of rotatable bonds is 3. The largest absolute Gasteiger partial charge is 0.477 e. The Labute approximate surface area is 131 Å². The van der Waals surface area contributed by atoms with Crippen molar-refractivity contribution in [3.8, 4) is 22.6 Å². The standard InChI is InChI=1S/C15H11ClN4O2/c1-20-8-10(7-17-20)14-18-12(6-13(19-14)15(21)22)9-2-4-11(16)5-3-9/h2-8H,1H3,(H,21,22)/p+1. The quantitative estimate of drug-likeness (QED) is 0.727. The lowest BCUT2D eigenvalue weighted by molar-refractivity contribution is -0.726. The number of carbonyl (C=O) groups is 1. The minimum absolute atomic E-state index is 0.0567. The number of hydrogen-bond donors (Lipinski definition) is 2. The number of aromatic carboxylic acids is 1. The van der Waals surface area contributed by atoms with Crippen LogP contribution in [0.25, 0.3) is 22.6 Å². The summed E-state index contributed by atoms with van der Waals surface area (Å²) in [7, 11) is 1.82. The number of nitrogens with zero attached hydrogens (tertiary/aromatic N) is 3. The second kappa shape index (κ2) is 5.57. The number of hydrogen-bond acceptors (Lipinski definition) is 3. The molecule has 0 saturated carbocycles. The number of aromatic amines is 1. The van der Waals surface area contributed by atoms with E-state index in [1.807, 2.05) is 7.05 Å². The minimum atomic E-state index is -1.10. The van der Waals surface area contributed by atoms with Crippen molar-refractivity contribution in [3.05, 3.63) is 53.4 Å². The summed E-state index contributed by atoms with van der Waals surface area (Å²) in [6, 6.07) is 8.49. The Bertz CT molecular complexity index is 843. The Morgan fingerprint density at radius 2 is 1.95 bits per heavy atom.